The van der Waals surface area contributed by atoms with Gasteiger partial charge in [-0.05, 0) is 48.9 Å². The van der Waals surface area contributed by atoms with Gasteiger partial charge in [-0.1, -0.05) is 12.1 Å². The van der Waals surface area contributed by atoms with Gasteiger partial charge in [-0.3, -0.25) is 0 Å². The summed E-state index contributed by atoms with van der Waals surface area (Å²) in [4.78, 5) is 17.9. The fourth-order valence-electron chi connectivity index (χ4n) is 2.85. The van der Waals surface area contributed by atoms with Crippen molar-refractivity contribution in [1.29, 1.82) is 0 Å². The molecule has 27 heavy (non-hydrogen) atoms. The second kappa shape index (κ2) is 7.25. The number of rotatable bonds is 5. The smallest absolute Gasteiger partial charge is 0.348 e. The van der Waals surface area contributed by atoms with E-state index in [4.69, 9.17) is 13.9 Å². The van der Waals surface area contributed by atoms with Gasteiger partial charge >= 0.3 is 5.63 Å². The van der Waals surface area contributed by atoms with Crippen LogP contribution in [-0.2, 0) is 0 Å². The van der Waals surface area contributed by atoms with Gasteiger partial charge in [0.05, 0.1) is 13.7 Å². The van der Waals surface area contributed by atoms with Crippen LogP contribution >= 0.6 is 11.3 Å². The molecule has 136 valence electrons. The molecule has 0 fully saturated rings. The summed E-state index contributed by atoms with van der Waals surface area (Å²) in [5.41, 5.74) is 2.08. The summed E-state index contributed by atoms with van der Waals surface area (Å²) in [6, 6.07) is 14.9. The summed E-state index contributed by atoms with van der Waals surface area (Å²) < 4.78 is 16.1. The second-order valence-electron chi connectivity index (χ2n) is 5.82. The van der Waals surface area contributed by atoms with Crippen LogP contribution in [0.3, 0.4) is 0 Å². The molecule has 4 aromatic rings. The molecule has 0 aliphatic rings. The maximum absolute atomic E-state index is 12.7. The molecule has 0 atom stereocenters. The molecule has 0 saturated heterocycles. The predicted molar refractivity (Wildman–Crippen MR) is 107 cm³/mol. The van der Waals surface area contributed by atoms with Crippen molar-refractivity contribution < 1.29 is 13.9 Å². The Labute approximate surface area is 159 Å². The Morgan fingerprint density at radius 1 is 1.00 bits per heavy atom. The highest BCUT2D eigenvalue weighted by atomic mass is 32.1. The van der Waals surface area contributed by atoms with E-state index in [1.807, 2.05) is 48.7 Å². The van der Waals surface area contributed by atoms with Gasteiger partial charge in [-0.15, -0.1) is 11.3 Å². The van der Waals surface area contributed by atoms with Crippen LogP contribution in [0.2, 0.25) is 0 Å². The lowest BCUT2D eigenvalue weighted by Gasteiger charge is -2.05. The third-order valence-electron chi connectivity index (χ3n) is 4.18. The van der Waals surface area contributed by atoms with E-state index in [9.17, 15) is 4.79 Å². The molecule has 2 heterocycles. The van der Waals surface area contributed by atoms with Crippen molar-refractivity contribution in [3.8, 4) is 34.1 Å². The molecule has 0 bridgehead atoms. The molecular weight excluding hydrogens is 362 g/mol. The molecule has 0 unspecified atom stereocenters. The van der Waals surface area contributed by atoms with Crippen LogP contribution in [0.15, 0.2) is 63.1 Å². The summed E-state index contributed by atoms with van der Waals surface area (Å²) in [5.74, 6) is 1.83. The Morgan fingerprint density at radius 3 is 2.33 bits per heavy atom. The maximum Gasteiger partial charge on any atom is 0.348 e. The summed E-state index contributed by atoms with van der Waals surface area (Å²) in [5, 5.41) is 2.43. The van der Waals surface area contributed by atoms with Crippen LogP contribution in [0.5, 0.6) is 11.5 Å². The average Bonchev–Trinajstić information content (AvgIpc) is 3.13. The van der Waals surface area contributed by atoms with Crippen LogP contribution in [-0.4, -0.2) is 18.7 Å². The van der Waals surface area contributed by atoms with E-state index in [1.165, 1.54) is 11.3 Å². The number of hydrogen-bond acceptors (Lipinski definition) is 6. The van der Waals surface area contributed by atoms with E-state index in [0.29, 0.717) is 22.7 Å². The zero-order chi connectivity index (χ0) is 18.8. The van der Waals surface area contributed by atoms with Gasteiger partial charge in [-0.2, -0.15) is 0 Å². The first kappa shape index (κ1) is 17.3. The molecular formula is C21H17NO4S. The predicted octanol–water partition coefficient (Wildman–Crippen LogP) is 4.99. The average molecular weight is 379 g/mol. The molecule has 5 nitrogen and oxygen atoms in total. The third kappa shape index (κ3) is 3.31. The monoisotopic (exact) mass is 379 g/mol. The third-order valence-corrected chi connectivity index (χ3v) is 5.05. The van der Waals surface area contributed by atoms with Crippen molar-refractivity contribution in [1.82, 2.24) is 4.98 Å². The normalized spacial score (nSPS) is 10.9. The maximum atomic E-state index is 12.7. The number of nitrogens with zero attached hydrogens (tertiary/aromatic N) is 1. The Bertz CT molecular complexity index is 1130. The van der Waals surface area contributed by atoms with Crippen LogP contribution < -0.4 is 15.1 Å². The van der Waals surface area contributed by atoms with Crippen molar-refractivity contribution in [3.63, 3.8) is 0 Å². The van der Waals surface area contributed by atoms with E-state index < -0.39 is 5.63 Å². The molecule has 4 rings (SSSR count). The standard InChI is InChI=1S/C21H17NO4S/c1-3-25-16-10-4-13(5-11-16)17-12-27-20-18(17)21(23)26-19(22-20)14-6-8-15(24-2)9-7-14/h4-12H,3H2,1-2H3. The highest BCUT2D eigenvalue weighted by Gasteiger charge is 2.15. The fourth-order valence-corrected chi connectivity index (χ4v) is 3.78. The minimum atomic E-state index is -0.393. The first-order valence-corrected chi connectivity index (χ1v) is 9.37. The van der Waals surface area contributed by atoms with Crippen LogP contribution in [0.1, 0.15) is 6.92 Å². The largest absolute Gasteiger partial charge is 0.497 e. The second-order valence-corrected chi connectivity index (χ2v) is 6.68. The number of aromatic nitrogens is 1. The molecule has 0 spiro atoms. The highest BCUT2D eigenvalue weighted by Crippen LogP contribution is 2.33. The molecule has 0 radical (unpaired) electrons. The Kier molecular flexibility index (Phi) is 4.64. The Hall–Kier alpha value is -3.12. The SMILES string of the molecule is CCOc1ccc(-c2csc3nc(-c4ccc(OC)cc4)oc(=O)c23)cc1. The lowest BCUT2D eigenvalue weighted by Crippen LogP contribution is -2.02. The lowest BCUT2D eigenvalue weighted by atomic mass is 10.1. The number of methoxy groups -OCH3 is 1. The number of hydrogen-bond donors (Lipinski definition) is 0. The molecule has 6 heteroatoms. The topological polar surface area (TPSA) is 61.6 Å². The van der Waals surface area contributed by atoms with Crippen molar-refractivity contribution >= 4 is 21.6 Å². The Morgan fingerprint density at radius 2 is 1.67 bits per heavy atom. The number of fused-ring (bicyclic) bond motifs is 1. The first-order valence-electron chi connectivity index (χ1n) is 8.49. The molecule has 2 aromatic carbocycles. The summed E-state index contributed by atoms with van der Waals surface area (Å²) in [7, 11) is 1.60. The van der Waals surface area contributed by atoms with Crippen LogP contribution in [0.4, 0.5) is 0 Å². The molecule has 2 aromatic heterocycles. The number of thiophene rings is 1. The summed E-state index contributed by atoms with van der Waals surface area (Å²) >= 11 is 1.43. The zero-order valence-corrected chi connectivity index (χ0v) is 15.7. The van der Waals surface area contributed by atoms with E-state index >= 15 is 0 Å². The van der Waals surface area contributed by atoms with E-state index in [-0.39, 0.29) is 0 Å². The van der Waals surface area contributed by atoms with E-state index in [2.05, 4.69) is 4.98 Å². The molecule has 0 aliphatic heterocycles. The van der Waals surface area contributed by atoms with E-state index in [0.717, 1.165) is 28.2 Å². The zero-order valence-electron chi connectivity index (χ0n) is 14.9. The highest BCUT2D eigenvalue weighted by molar-refractivity contribution is 7.17. The summed E-state index contributed by atoms with van der Waals surface area (Å²) in [6.07, 6.45) is 0. The van der Waals surface area contributed by atoms with Gasteiger partial charge in [0.2, 0.25) is 5.89 Å². The molecule has 0 amide bonds. The van der Waals surface area contributed by atoms with Gasteiger partial charge in [-0.25, -0.2) is 9.78 Å². The molecule has 0 N–H and O–H groups in total. The van der Waals surface area contributed by atoms with Gasteiger partial charge in [0.1, 0.15) is 21.7 Å². The van der Waals surface area contributed by atoms with Gasteiger partial charge in [0.25, 0.3) is 0 Å². The summed E-state index contributed by atoms with van der Waals surface area (Å²) in [6.45, 7) is 2.56. The minimum absolute atomic E-state index is 0.301. The first-order chi connectivity index (χ1) is 13.2. The minimum Gasteiger partial charge on any atom is -0.497 e. The molecule has 0 aliphatic carbocycles. The quantitative estimate of drug-likeness (QED) is 0.489. The van der Waals surface area contributed by atoms with Crippen molar-refractivity contribution in [3.05, 3.63) is 64.3 Å². The van der Waals surface area contributed by atoms with E-state index in [1.54, 1.807) is 19.2 Å². The van der Waals surface area contributed by atoms with Crippen molar-refractivity contribution in [2.24, 2.45) is 0 Å². The van der Waals surface area contributed by atoms with Gasteiger partial charge in [0.15, 0.2) is 0 Å². The fraction of sp³-hybridized carbons (Fsp3) is 0.143. The number of benzene rings is 2. The van der Waals surface area contributed by atoms with Crippen LogP contribution in [0, 0.1) is 0 Å². The van der Waals surface area contributed by atoms with Crippen molar-refractivity contribution in [2.45, 2.75) is 6.92 Å². The van der Waals surface area contributed by atoms with Gasteiger partial charge in [0, 0.05) is 16.5 Å². The van der Waals surface area contributed by atoms with Crippen LogP contribution in [0.25, 0.3) is 32.8 Å². The number of ether oxygens (including phenoxy) is 2. The molecule has 0 saturated carbocycles. The Balaban J connectivity index is 1.76. The van der Waals surface area contributed by atoms with Crippen molar-refractivity contribution in [2.75, 3.05) is 13.7 Å². The lowest BCUT2D eigenvalue weighted by molar-refractivity contribution is 0.340. The van der Waals surface area contributed by atoms with Gasteiger partial charge < -0.3 is 13.9 Å².